The fraction of sp³-hybridized carbons (Fsp3) is 0.0769. The van der Waals surface area contributed by atoms with E-state index in [1.54, 1.807) is 19.1 Å². The van der Waals surface area contributed by atoms with E-state index in [0.29, 0.717) is 5.56 Å². The normalized spacial score (nSPS) is 9.24. The monoisotopic (exact) mass is 234 g/mol. The largest absolute Gasteiger partial charge is 0.508 e. The summed E-state index contributed by atoms with van der Waals surface area (Å²) in [5.74, 6) is 0.248. The number of hydrogen-bond acceptors (Lipinski definition) is 4. The highest BCUT2D eigenvalue weighted by Gasteiger charge is 1.98. The van der Waals surface area contributed by atoms with Crippen LogP contribution in [0.25, 0.3) is 0 Å². The van der Waals surface area contributed by atoms with Crippen LogP contribution in [0.1, 0.15) is 5.56 Å². The number of aryl methyl sites for hydroxylation is 1. The Hall–Kier alpha value is -2.36. The molecule has 0 aromatic heterocycles. The van der Waals surface area contributed by atoms with E-state index in [4.69, 9.17) is 20.4 Å². The van der Waals surface area contributed by atoms with Gasteiger partial charge in [-0.3, -0.25) is 0 Å². The molecule has 0 saturated heterocycles. The van der Waals surface area contributed by atoms with Gasteiger partial charge in [-0.2, -0.15) is 0 Å². The van der Waals surface area contributed by atoms with Crippen molar-refractivity contribution in [3.8, 4) is 23.0 Å². The molecule has 0 unspecified atom stereocenters. The van der Waals surface area contributed by atoms with Crippen LogP contribution in [0.15, 0.2) is 42.5 Å². The van der Waals surface area contributed by atoms with Gasteiger partial charge in [0.25, 0.3) is 0 Å². The second-order valence-corrected chi connectivity index (χ2v) is 3.46. The highest BCUT2D eigenvalue weighted by atomic mass is 16.3. The minimum Gasteiger partial charge on any atom is -0.508 e. The Morgan fingerprint density at radius 1 is 0.706 bits per heavy atom. The van der Waals surface area contributed by atoms with E-state index in [1.807, 2.05) is 0 Å². The SMILES string of the molecule is Cc1cccc(O)c1O.Oc1ccc(O)cc1. The molecular weight excluding hydrogens is 220 g/mol. The first-order chi connectivity index (χ1) is 8.00. The van der Waals surface area contributed by atoms with E-state index in [1.165, 1.54) is 30.3 Å². The van der Waals surface area contributed by atoms with Crippen LogP contribution >= 0.6 is 0 Å². The standard InChI is InChI=1S/C7H8O2.C6H6O2/c1-5-3-2-4-6(8)7(5)9;7-5-1-2-6(8)4-3-5/h2-4,8-9H,1H3;1-4,7-8H. The lowest BCUT2D eigenvalue weighted by molar-refractivity contribution is 0.401. The topological polar surface area (TPSA) is 80.9 Å². The summed E-state index contributed by atoms with van der Waals surface area (Å²) in [5, 5.41) is 35.1. The first-order valence-corrected chi connectivity index (χ1v) is 4.96. The lowest BCUT2D eigenvalue weighted by atomic mass is 10.2. The number of rotatable bonds is 0. The van der Waals surface area contributed by atoms with E-state index < -0.39 is 0 Å². The lowest BCUT2D eigenvalue weighted by Crippen LogP contribution is -1.72. The van der Waals surface area contributed by atoms with E-state index in [2.05, 4.69) is 0 Å². The highest BCUT2D eigenvalue weighted by molar-refractivity contribution is 5.43. The molecule has 0 aliphatic heterocycles. The predicted octanol–water partition coefficient (Wildman–Crippen LogP) is 2.50. The maximum absolute atomic E-state index is 8.96. The number of hydrogen-bond donors (Lipinski definition) is 4. The molecule has 0 spiro atoms. The van der Waals surface area contributed by atoms with Gasteiger partial charge in [0.15, 0.2) is 11.5 Å². The highest BCUT2D eigenvalue weighted by Crippen LogP contribution is 2.26. The molecule has 0 aliphatic carbocycles. The second kappa shape index (κ2) is 5.65. The van der Waals surface area contributed by atoms with Gasteiger partial charge in [-0.05, 0) is 42.8 Å². The van der Waals surface area contributed by atoms with Gasteiger partial charge >= 0.3 is 0 Å². The molecule has 0 bridgehead atoms. The summed E-state index contributed by atoms with van der Waals surface area (Å²) < 4.78 is 0. The van der Waals surface area contributed by atoms with Crippen molar-refractivity contribution in [2.24, 2.45) is 0 Å². The Morgan fingerprint density at radius 2 is 1.18 bits per heavy atom. The molecular formula is C13H14O4. The summed E-state index contributed by atoms with van der Waals surface area (Å²) >= 11 is 0. The average molecular weight is 234 g/mol. The molecule has 4 heteroatoms. The van der Waals surface area contributed by atoms with Gasteiger partial charge in [0.1, 0.15) is 11.5 Å². The Morgan fingerprint density at radius 3 is 1.53 bits per heavy atom. The molecule has 2 aromatic carbocycles. The van der Waals surface area contributed by atoms with E-state index in [-0.39, 0.29) is 23.0 Å². The van der Waals surface area contributed by atoms with Crippen LogP contribution in [-0.2, 0) is 0 Å². The van der Waals surface area contributed by atoms with Gasteiger partial charge in [-0.25, -0.2) is 0 Å². The van der Waals surface area contributed by atoms with Crippen LogP contribution in [0.3, 0.4) is 0 Å². The third kappa shape index (κ3) is 3.95. The Kier molecular flexibility index (Phi) is 4.22. The summed E-state index contributed by atoms with van der Waals surface area (Å²) in [6, 6.07) is 10.6. The van der Waals surface area contributed by atoms with Crippen LogP contribution in [0.2, 0.25) is 0 Å². The zero-order valence-corrected chi connectivity index (χ0v) is 9.33. The van der Waals surface area contributed by atoms with Crippen molar-refractivity contribution in [3.63, 3.8) is 0 Å². The van der Waals surface area contributed by atoms with Crippen molar-refractivity contribution in [1.82, 2.24) is 0 Å². The van der Waals surface area contributed by atoms with Crippen molar-refractivity contribution >= 4 is 0 Å². The van der Waals surface area contributed by atoms with Crippen LogP contribution in [-0.4, -0.2) is 20.4 Å². The quantitative estimate of drug-likeness (QED) is 0.417. The van der Waals surface area contributed by atoms with Crippen LogP contribution in [0.4, 0.5) is 0 Å². The minimum atomic E-state index is -0.0602. The van der Waals surface area contributed by atoms with Crippen molar-refractivity contribution in [1.29, 1.82) is 0 Å². The Bertz CT molecular complexity index is 436. The van der Waals surface area contributed by atoms with Gasteiger partial charge in [0.2, 0.25) is 0 Å². The first-order valence-electron chi connectivity index (χ1n) is 4.96. The fourth-order valence-electron chi connectivity index (χ4n) is 1.10. The van der Waals surface area contributed by atoms with Crippen LogP contribution in [0, 0.1) is 6.92 Å². The van der Waals surface area contributed by atoms with Crippen LogP contribution < -0.4 is 0 Å². The summed E-state index contributed by atoms with van der Waals surface area (Å²) in [5.41, 5.74) is 0.690. The summed E-state index contributed by atoms with van der Waals surface area (Å²) in [4.78, 5) is 0. The van der Waals surface area contributed by atoms with Gasteiger partial charge in [-0.1, -0.05) is 12.1 Å². The molecule has 0 fully saturated rings. The molecule has 17 heavy (non-hydrogen) atoms. The third-order valence-electron chi connectivity index (χ3n) is 2.07. The fourth-order valence-corrected chi connectivity index (χ4v) is 1.10. The van der Waals surface area contributed by atoms with Crippen molar-refractivity contribution in [2.45, 2.75) is 6.92 Å². The van der Waals surface area contributed by atoms with Gasteiger partial charge in [-0.15, -0.1) is 0 Å². The smallest absolute Gasteiger partial charge is 0.160 e. The number of aromatic hydroxyl groups is 4. The maximum Gasteiger partial charge on any atom is 0.160 e. The van der Waals surface area contributed by atoms with Crippen molar-refractivity contribution < 1.29 is 20.4 Å². The van der Waals surface area contributed by atoms with E-state index >= 15 is 0 Å². The lowest BCUT2D eigenvalue weighted by Gasteiger charge is -1.97. The first kappa shape index (κ1) is 12.7. The number of benzene rings is 2. The predicted molar refractivity (Wildman–Crippen MR) is 64.3 cm³/mol. The van der Waals surface area contributed by atoms with Gasteiger partial charge in [0.05, 0.1) is 0 Å². The van der Waals surface area contributed by atoms with Crippen molar-refractivity contribution in [3.05, 3.63) is 48.0 Å². The molecule has 0 amide bonds. The average Bonchev–Trinajstić information content (AvgIpc) is 2.31. The number of phenols is 4. The molecule has 90 valence electrons. The molecule has 4 nitrogen and oxygen atoms in total. The summed E-state index contributed by atoms with van der Waals surface area (Å²) in [6.45, 7) is 1.73. The third-order valence-corrected chi connectivity index (χ3v) is 2.07. The van der Waals surface area contributed by atoms with Gasteiger partial charge in [0, 0.05) is 0 Å². The zero-order valence-electron chi connectivity index (χ0n) is 9.33. The Labute approximate surface area is 99.0 Å². The second-order valence-electron chi connectivity index (χ2n) is 3.46. The molecule has 0 saturated carbocycles. The molecule has 0 radical (unpaired) electrons. The number of phenolic OH excluding ortho intramolecular Hbond substituents is 4. The zero-order chi connectivity index (χ0) is 12.8. The molecule has 2 aromatic rings. The summed E-state index contributed by atoms with van der Waals surface area (Å²) in [7, 11) is 0. The van der Waals surface area contributed by atoms with Gasteiger partial charge < -0.3 is 20.4 Å². The summed E-state index contributed by atoms with van der Waals surface area (Å²) in [6.07, 6.45) is 0. The van der Waals surface area contributed by atoms with Crippen molar-refractivity contribution in [2.75, 3.05) is 0 Å². The maximum atomic E-state index is 8.96. The number of para-hydroxylation sites is 1. The molecule has 2 rings (SSSR count). The minimum absolute atomic E-state index is 0.0301. The molecule has 0 atom stereocenters. The van der Waals surface area contributed by atoms with E-state index in [9.17, 15) is 0 Å². The van der Waals surface area contributed by atoms with E-state index in [0.717, 1.165) is 0 Å². The van der Waals surface area contributed by atoms with Crippen LogP contribution in [0.5, 0.6) is 23.0 Å². The molecule has 4 N–H and O–H groups in total. The molecule has 0 aliphatic rings. The molecule has 0 heterocycles. The Balaban J connectivity index is 0.000000171.